The third kappa shape index (κ3) is 4.28. The van der Waals surface area contributed by atoms with E-state index in [9.17, 15) is 4.79 Å². The van der Waals surface area contributed by atoms with Crippen molar-refractivity contribution in [1.29, 1.82) is 0 Å². The van der Waals surface area contributed by atoms with Crippen molar-refractivity contribution >= 4 is 45.7 Å². The van der Waals surface area contributed by atoms with E-state index in [1.807, 2.05) is 68.4 Å². The molecule has 1 unspecified atom stereocenters. The number of aromatic amines is 1. The summed E-state index contributed by atoms with van der Waals surface area (Å²) in [5.74, 6) is 0.715. The number of anilines is 3. The van der Waals surface area contributed by atoms with Gasteiger partial charge in [0.05, 0.1) is 5.39 Å². The van der Waals surface area contributed by atoms with Gasteiger partial charge in [0.25, 0.3) is 0 Å². The largest absolute Gasteiger partial charge is 0.340 e. The maximum absolute atomic E-state index is 12.1. The topological polar surface area (TPSA) is 82.7 Å². The Bertz CT molecular complexity index is 1190. The van der Waals surface area contributed by atoms with Crippen LogP contribution in [0.4, 0.5) is 17.2 Å². The lowest BCUT2D eigenvalue weighted by Crippen LogP contribution is -2.19. The predicted octanol–water partition coefficient (Wildman–Crippen LogP) is 6.01. The summed E-state index contributed by atoms with van der Waals surface area (Å²) in [5.41, 5.74) is 4.27. The molecule has 30 heavy (non-hydrogen) atoms. The highest BCUT2D eigenvalue weighted by Gasteiger charge is 2.12. The van der Waals surface area contributed by atoms with Gasteiger partial charge in [-0.25, -0.2) is 9.97 Å². The summed E-state index contributed by atoms with van der Waals surface area (Å²) in [4.78, 5) is 24.1. The number of nitrogens with one attached hydrogen (secondary N) is 3. The molecule has 0 aliphatic carbocycles. The van der Waals surface area contributed by atoms with Gasteiger partial charge in [-0.1, -0.05) is 43.6 Å². The van der Waals surface area contributed by atoms with Gasteiger partial charge in [-0.2, -0.15) is 0 Å². The summed E-state index contributed by atoms with van der Waals surface area (Å²) in [7, 11) is 0. The Morgan fingerprint density at radius 1 is 1.10 bits per heavy atom. The van der Waals surface area contributed by atoms with Crippen LogP contribution in [0, 0.1) is 5.92 Å². The third-order valence-electron chi connectivity index (χ3n) is 5.04. The number of amides is 1. The Hall–Kier alpha value is -3.38. The summed E-state index contributed by atoms with van der Waals surface area (Å²) in [5, 5.41) is 7.77. The Kier molecular flexibility index (Phi) is 5.68. The molecule has 0 fully saturated rings. The van der Waals surface area contributed by atoms with Crippen LogP contribution in [0.15, 0.2) is 60.9 Å². The number of fused-ring (bicyclic) bond motifs is 1. The van der Waals surface area contributed by atoms with E-state index in [2.05, 4.69) is 25.6 Å². The molecule has 1 amide bonds. The molecular weight excluding hydrogens is 398 g/mol. The van der Waals surface area contributed by atoms with Gasteiger partial charge < -0.3 is 15.6 Å². The SMILES string of the molecule is CCC(C)C(=O)Nc1ccc(-c2cc3c(Nc4cccc(Cl)c4)ncnc3[nH]2)cc1. The van der Waals surface area contributed by atoms with E-state index in [1.54, 1.807) is 0 Å². The molecule has 1 atom stereocenters. The monoisotopic (exact) mass is 419 g/mol. The fourth-order valence-electron chi connectivity index (χ4n) is 3.08. The van der Waals surface area contributed by atoms with Gasteiger partial charge in [-0.3, -0.25) is 4.79 Å². The minimum absolute atomic E-state index is 0.0117. The van der Waals surface area contributed by atoms with Crippen molar-refractivity contribution in [3.8, 4) is 11.3 Å². The first kappa shape index (κ1) is 19.9. The molecule has 0 bridgehead atoms. The molecule has 3 N–H and O–H groups in total. The van der Waals surface area contributed by atoms with E-state index in [4.69, 9.17) is 11.6 Å². The number of H-pyrrole nitrogens is 1. The Labute approximate surface area is 179 Å². The van der Waals surface area contributed by atoms with Crippen molar-refractivity contribution in [3.63, 3.8) is 0 Å². The quantitative estimate of drug-likeness (QED) is 0.357. The molecule has 0 aliphatic heterocycles. The number of hydrogen-bond acceptors (Lipinski definition) is 4. The van der Waals surface area contributed by atoms with E-state index in [0.29, 0.717) is 10.8 Å². The van der Waals surface area contributed by atoms with E-state index in [-0.39, 0.29) is 11.8 Å². The van der Waals surface area contributed by atoms with Crippen molar-refractivity contribution in [1.82, 2.24) is 15.0 Å². The first-order valence-corrected chi connectivity index (χ1v) is 10.2. The fraction of sp³-hybridized carbons (Fsp3) is 0.174. The number of nitrogens with zero attached hydrogens (tertiary/aromatic N) is 2. The number of carbonyl (C=O) groups is 1. The summed E-state index contributed by atoms with van der Waals surface area (Å²) in [6, 6.07) is 17.2. The summed E-state index contributed by atoms with van der Waals surface area (Å²) >= 11 is 6.08. The molecule has 152 valence electrons. The molecule has 0 saturated heterocycles. The normalized spacial score (nSPS) is 12.0. The maximum atomic E-state index is 12.1. The number of aromatic nitrogens is 3. The minimum Gasteiger partial charge on any atom is -0.340 e. The second kappa shape index (κ2) is 8.55. The van der Waals surface area contributed by atoms with Crippen molar-refractivity contribution in [2.24, 2.45) is 5.92 Å². The van der Waals surface area contributed by atoms with Gasteiger partial charge in [0.15, 0.2) is 0 Å². The van der Waals surface area contributed by atoms with Gasteiger partial charge >= 0.3 is 0 Å². The van der Waals surface area contributed by atoms with Gasteiger partial charge in [-0.15, -0.1) is 0 Å². The molecule has 2 aromatic heterocycles. The molecule has 4 aromatic rings. The fourth-order valence-corrected chi connectivity index (χ4v) is 3.27. The van der Waals surface area contributed by atoms with Crippen molar-refractivity contribution < 1.29 is 4.79 Å². The number of halogens is 1. The lowest BCUT2D eigenvalue weighted by molar-refractivity contribution is -0.119. The molecule has 0 saturated carbocycles. The third-order valence-corrected chi connectivity index (χ3v) is 5.27. The lowest BCUT2D eigenvalue weighted by Gasteiger charge is -2.10. The van der Waals surface area contributed by atoms with Crippen LogP contribution in [0.25, 0.3) is 22.3 Å². The molecule has 0 spiro atoms. The zero-order chi connectivity index (χ0) is 21.1. The van der Waals surface area contributed by atoms with Gasteiger partial charge in [0.2, 0.25) is 5.91 Å². The first-order valence-electron chi connectivity index (χ1n) is 9.81. The smallest absolute Gasteiger partial charge is 0.227 e. The van der Waals surface area contributed by atoms with Gasteiger partial charge in [0, 0.05) is 28.0 Å². The summed E-state index contributed by atoms with van der Waals surface area (Å²) < 4.78 is 0. The molecule has 6 nitrogen and oxygen atoms in total. The van der Waals surface area contributed by atoms with Crippen molar-refractivity contribution in [3.05, 3.63) is 65.9 Å². The second-order valence-corrected chi connectivity index (χ2v) is 7.62. The maximum Gasteiger partial charge on any atom is 0.227 e. The molecule has 0 aliphatic rings. The molecular formula is C23H22ClN5O. The predicted molar refractivity (Wildman–Crippen MR) is 122 cm³/mol. The highest BCUT2D eigenvalue weighted by atomic mass is 35.5. The van der Waals surface area contributed by atoms with Crippen LogP contribution in [0.1, 0.15) is 20.3 Å². The summed E-state index contributed by atoms with van der Waals surface area (Å²) in [6.07, 6.45) is 2.33. The Morgan fingerprint density at radius 2 is 1.90 bits per heavy atom. The highest BCUT2D eigenvalue weighted by molar-refractivity contribution is 6.30. The van der Waals surface area contributed by atoms with Crippen LogP contribution in [-0.2, 0) is 4.79 Å². The van der Waals surface area contributed by atoms with E-state index in [1.165, 1.54) is 6.33 Å². The number of rotatable bonds is 6. The van der Waals surface area contributed by atoms with Crippen LogP contribution in [-0.4, -0.2) is 20.9 Å². The van der Waals surface area contributed by atoms with Crippen LogP contribution >= 0.6 is 11.6 Å². The zero-order valence-electron chi connectivity index (χ0n) is 16.7. The van der Waals surface area contributed by atoms with Crippen LogP contribution in [0.2, 0.25) is 5.02 Å². The molecule has 0 radical (unpaired) electrons. The number of hydrogen-bond donors (Lipinski definition) is 3. The average molecular weight is 420 g/mol. The van der Waals surface area contributed by atoms with Crippen LogP contribution in [0.5, 0.6) is 0 Å². The molecule has 7 heteroatoms. The Balaban J connectivity index is 1.59. The van der Waals surface area contributed by atoms with Gasteiger partial charge in [0.1, 0.15) is 17.8 Å². The molecule has 2 heterocycles. The minimum atomic E-state index is -0.0117. The van der Waals surface area contributed by atoms with Crippen molar-refractivity contribution in [2.75, 3.05) is 10.6 Å². The van der Waals surface area contributed by atoms with Crippen LogP contribution < -0.4 is 10.6 Å². The number of carbonyl (C=O) groups excluding carboxylic acids is 1. The van der Waals surface area contributed by atoms with Gasteiger partial charge in [-0.05, 0) is 48.4 Å². The zero-order valence-corrected chi connectivity index (χ0v) is 17.5. The Morgan fingerprint density at radius 3 is 2.63 bits per heavy atom. The number of benzene rings is 2. The van der Waals surface area contributed by atoms with E-state index >= 15 is 0 Å². The van der Waals surface area contributed by atoms with E-state index in [0.717, 1.165) is 40.1 Å². The van der Waals surface area contributed by atoms with Crippen LogP contribution in [0.3, 0.4) is 0 Å². The van der Waals surface area contributed by atoms with E-state index < -0.39 is 0 Å². The highest BCUT2D eigenvalue weighted by Crippen LogP contribution is 2.29. The summed E-state index contributed by atoms with van der Waals surface area (Å²) in [6.45, 7) is 3.92. The standard InChI is InChI=1S/C23H22ClN5O/c1-3-14(2)23(30)28-17-9-7-15(8-10-17)20-12-19-21(25-13-26-22(19)29-20)27-18-6-4-5-16(24)11-18/h4-14H,3H2,1-2H3,(H,28,30)(H2,25,26,27,29). The second-order valence-electron chi connectivity index (χ2n) is 7.18. The molecule has 4 rings (SSSR count). The average Bonchev–Trinajstić information content (AvgIpc) is 3.19. The first-order chi connectivity index (χ1) is 14.5. The molecule has 2 aromatic carbocycles. The van der Waals surface area contributed by atoms with Crippen molar-refractivity contribution in [2.45, 2.75) is 20.3 Å². The lowest BCUT2D eigenvalue weighted by atomic mass is 10.1.